The standard InChI is InChI=1S/C8H15N3/c1-5-11-7(6-9-10-11)8(2,3)4/h6H,5H2,1-4H3. The number of hydrogen-bond acceptors (Lipinski definition) is 2. The molecule has 0 amide bonds. The van der Waals surface area contributed by atoms with Crippen LogP contribution in [0.5, 0.6) is 0 Å². The fourth-order valence-electron chi connectivity index (χ4n) is 1.07. The third kappa shape index (κ3) is 1.59. The fraction of sp³-hybridized carbons (Fsp3) is 0.750. The van der Waals surface area contributed by atoms with Gasteiger partial charge in [-0.2, -0.15) is 0 Å². The maximum absolute atomic E-state index is 3.97. The first-order valence-electron chi connectivity index (χ1n) is 3.94. The molecule has 1 rings (SSSR count). The van der Waals surface area contributed by atoms with Gasteiger partial charge in [-0.05, 0) is 6.92 Å². The Bertz CT molecular complexity index is 232. The zero-order valence-electron chi connectivity index (χ0n) is 7.63. The predicted octanol–water partition coefficient (Wildman–Crippen LogP) is 1.60. The fourth-order valence-corrected chi connectivity index (χ4v) is 1.07. The molecule has 0 saturated heterocycles. The summed E-state index contributed by atoms with van der Waals surface area (Å²) in [5, 5.41) is 7.84. The molecule has 0 fully saturated rings. The van der Waals surface area contributed by atoms with Crippen LogP contribution >= 0.6 is 0 Å². The van der Waals surface area contributed by atoms with E-state index in [0.717, 1.165) is 6.54 Å². The van der Waals surface area contributed by atoms with Crippen molar-refractivity contribution in [2.75, 3.05) is 0 Å². The van der Waals surface area contributed by atoms with E-state index in [4.69, 9.17) is 0 Å². The summed E-state index contributed by atoms with van der Waals surface area (Å²) in [6.07, 6.45) is 1.84. The summed E-state index contributed by atoms with van der Waals surface area (Å²) in [6.45, 7) is 9.46. The Morgan fingerprint density at radius 1 is 1.45 bits per heavy atom. The van der Waals surface area contributed by atoms with Gasteiger partial charge in [-0.3, -0.25) is 0 Å². The molecule has 11 heavy (non-hydrogen) atoms. The number of aromatic nitrogens is 3. The number of nitrogens with zero attached hydrogens (tertiary/aromatic N) is 3. The second-order valence-electron chi connectivity index (χ2n) is 3.69. The van der Waals surface area contributed by atoms with Gasteiger partial charge in [0, 0.05) is 12.0 Å². The quantitative estimate of drug-likeness (QED) is 0.613. The van der Waals surface area contributed by atoms with Gasteiger partial charge in [0.15, 0.2) is 0 Å². The lowest BCUT2D eigenvalue weighted by atomic mass is 9.93. The minimum absolute atomic E-state index is 0.152. The summed E-state index contributed by atoms with van der Waals surface area (Å²) in [5.41, 5.74) is 1.35. The highest BCUT2D eigenvalue weighted by molar-refractivity contribution is 5.07. The highest BCUT2D eigenvalue weighted by Gasteiger charge is 2.18. The molecular formula is C8H15N3. The van der Waals surface area contributed by atoms with Crippen molar-refractivity contribution in [3.63, 3.8) is 0 Å². The highest BCUT2D eigenvalue weighted by Crippen LogP contribution is 2.20. The van der Waals surface area contributed by atoms with E-state index in [9.17, 15) is 0 Å². The molecule has 0 unspecified atom stereocenters. The van der Waals surface area contributed by atoms with Crippen molar-refractivity contribution in [1.82, 2.24) is 15.0 Å². The molecule has 0 spiro atoms. The molecule has 0 aliphatic heterocycles. The maximum atomic E-state index is 3.97. The van der Waals surface area contributed by atoms with E-state index >= 15 is 0 Å². The van der Waals surface area contributed by atoms with Gasteiger partial charge in [0.25, 0.3) is 0 Å². The Balaban J connectivity index is 3.02. The average molecular weight is 153 g/mol. The maximum Gasteiger partial charge on any atom is 0.0730 e. The summed E-state index contributed by atoms with van der Waals surface area (Å²) >= 11 is 0. The lowest BCUT2D eigenvalue weighted by Crippen LogP contribution is -2.17. The molecule has 0 aromatic carbocycles. The lowest BCUT2D eigenvalue weighted by Gasteiger charge is -2.18. The van der Waals surface area contributed by atoms with E-state index in [-0.39, 0.29) is 5.41 Å². The summed E-state index contributed by atoms with van der Waals surface area (Å²) in [5.74, 6) is 0. The Morgan fingerprint density at radius 2 is 2.09 bits per heavy atom. The van der Waals surface area contributed by atoms with E-state index in [1.54, 1.807) is 0 Å². The van der Waals surface area contributed by atoms with E-state index in [2.05, 4.69) is 38.0 Å². The topological polar surface area (TPSA) is 30.7 Å². The Morgan fingerprint density at radius 3 is 2.45 bits per heavy atom. The minimum Gasteiger partial charge on any atom is -0.249 e. The van der Waals surface area contributed by atoms with Crippen LogP contribution in [0.15, 0.2) is 6.20 Å². The average Bonchev–Trinajstić information content (AvgIpc) is 2.31. The molecule has 3 heteroatoms. The number of hydrogen-bond donors (Lipinski definition) is 0. The van der Waals surface area contributed by atoms with Gasteiger partial charge in [0.2, 0.25) is 0 Å². The smallest absolute Gasteiger partial charge is 0.0730 e. The van der Waals surface area contributed by atoms with Crippen LogP contribution in [-0.4, -0.2) is 15.0 Å². The van der Waals surface area contributed by atoms with Crippen LogP contribution in [-0.2, 0) is 12.0 Å². The van der Waals surface area contributed by atoms with Crippen molar-refractivity contribution in [2.45, 2.75) is 39.7 Å². The Hall–Kier alpha value is -0.860. The SMILES string of the molecule is CCn1nncc1C(C)(C)C. The number of aryl methyl sites for hydroxylation is 1. The van der Waals surface area contributed by atoms with E-state index in [0.29, 0.717) is 0 Å². The molecule has 3 nitrogen and oxygen atoms in total. The van der Waals surface area contributed by atoms with Gasteiger partial charge < -0.3 is 0 Å². The molecule has 1 aromatic heterocycles. The van der Waals surface area contributed by atoms with Gasteiger partial charge in [0.05, 0.1) is 11.9 Å². The van der Waals surface area contributed by atoms with Crippen molar-refractivity contribution in [1.29, 1.82) is 0 Å². The first-order chi connectivity index (χ1) is 5.05. The molecule has 0 aliphatic carbocycles. The lowest BCUT2D eigenvalue weighted by molar-refractivity contribution is 0.493. The molecule has 1 aromatic rings. The first-order valence-corrected chi connectivity index (χ1v) is 3.94. The van der Waals surface area contributed by atoms with Crippen molar-refractivity contribution < 1.29 is 0 Å². The number of rotatable bonds is 1. The summed E-state index contributed by atoms with van der Waals surface area (Å²) in [4.78, 5) is 0. The molecule has 0 radical (unpaired) electrons. The van der Waals surface area contributed by atoms with Crippen LogP contribution in [0, 0.1) is 0 Å². The Kier molecular flexibility index (Phi) is 1.98. The highest BCUT2D eigenvalue weighted by atomic mass is 15.4. The van der Waals surface area contributed by atoms with E-state index < -0.39 is 0 Å². The molecule has 0 saturated carbocycles. The third-order valence-corrected chi connectivity index (χ3v) is 1.69. The van der Waals surface area contributed by atoms with Gasteiger partial charge >= 0.3 is 0 Å². The van der Waals surface area contributed by atoms with Gasteiger partial charge in [-0.1, -0.05) is 26.0 Å². The normalized spacial score (nSPS) is 12.0. The van der Waals surface area contributed by atoms with Gasteiger partial charge in [0.1, 0.15) is 0 Å². The molecule has 1 heterocycles. The van der Waals surface area contributed by atoms with Crippen LogP contribution in [0.2, 0.25) is 0 Å². The minimum atomic E-state index is 0.152. The van der Waals surface area contributed by atoms with Gasteiger partial charge in [-0.15, -0.1) is 5.10 Å². The summed E-state index contributed by atoms with van der Waals surface area (Å²) in [6, 6.07) is 0. The molecular weight excluding hydrogens is 138 g/mol. The molecule has 0 bridgehead atoms. The zero-order chi connectivity index (χ0) is 8.48. The predicted molar refractivity (Wildman–Crippen MR) is 44.4 cm³/mol. The van der Waals surface area contributed by atoms with Crippen LogP contribution in [0.3, 0.4) is 0 Å². The summed E-state index contributed by atoms with van der Waals surface area (Å²) < 4.78 is 1.93. The summed E-state index contributed by atoms with van der Waals surface area (Å²) in [7, 11) is 0. The van der Waals surface area contributed by atoms with Crippen molar-refractivity contribution >= 4 is 0 Å². The van der Waals surface area contributed by atoms with Crippen LogP contribution in [0.4, 0.5) is 0 Å². The second-order valence-corrected chi connectivity index (χ2v) is 3.69. The second kappa shape index (κ2) is 2.64. The van der Waals surface area contributed by atoms with E-state index in [1.165, 1.54) is 5.69 Å². The molecule has 0 atom stereocenters. The van der Waals surface area contributed by atoms with Crippen molar-refractivity contribution in [2.24, 2.45) is 0 Å². The molecule has 0 N–H and O–H groups in total. The first kappa shape index (κ1) is 8.24. The monoisotopic (exact) mass is 153 g/mol. The molecule has 62 valence electrons. The van der Waals surface area contributed by atoms with Crippen molar-refractivity contribution in [3.8, 4) is 0 Å². The zero-order valence-corrected chi connectivity index (χ0v) is 7.63. The van der Waals surface area contributed by atoms with Crippen molar-refractivity contribution in [3.05, 3.63) is 11.9 Å². The van der Waals surface area contributed by atoms with Crippen LogP contribution in [0.25, 0.3) is 0 Å². The Labute approximate surface area is 67.4 Å². The van der Waals surface area contributed by atoms with Crippen LogP contribution in [0.1, 0.15) is 33.4 Å². The third-order valence-electron chi connectivity index (χ3n) is 1.69. The largest absolute Gasteiger partial charge is 0.249 e. The van der Waals surface area contributed by atoms with Gasteiger partial charge in [-0.25, -0.2) is 4.68 Å². The van der Waals surface area contributed by atoms with E-state index in [1.807, 2.05) is 10.9 Å². The van der Waals surface area contributed by atoms with Crippen LogP contribution < -0.4 is 0 Å². The molecule has 0 aliphatic rings.